The van der Waals surface area contributed by atoms with Gasteiger partial charge < -0.3 is 1.43 Å². The van der Waals surface area contributed by atoms with E-state index in [1.807, 2.05) is 0 Å². The molecule has 0 atom stereocenters. The molecule has 8 heavy (non-hydrogen) atoms. The number of hydrogen-bond acceptors (Lipinski definition) is 0. The van der Waals surface area contributed by atoms with Crippen molar-refractivity contribution in [1.29, 1.82) is 0 Å². The maximum atomic E-state index is 0. The van der Waals surface area contributed by atoms with Crippen molar-refractivity contribution in [3.63, 3.8) is 0 Å². The molecule has 0 nitrogen and oxygen atoms in total. The summed E-state index contributed by atoms with van der Waals surface area (Å²) in [5, 5.41) is 0. The largest absolute Gasteiger partial charge is 1.00 e. The van der Waals surface area contributed by atoms with Gasteiger partial charge in [-0.1, -0.05) is 0 Å². The summed E-state index contributed by atoms with van der Waals surface area (Å²) in [6.07, 6.45) is 0. The Morgan fingerprint density at radius 3 is 0.500 bits per heavy atom. The van der Waals surface area contributed by atoms with Gasteiger partial charge in [-0.3, -0.25) is 28.2 Å². The van der Waals surface area contributed by atoms with Gasteiger partial charge >= 0.3 is 18.9 Å². The average Bonchev–Trinajstić information content (AvgIpc) is 0. The standard InChI is InChI=1S/As.6FH.Li.H/h;6*1H;;/q;;;;;;;+1;-1. The van der Waals surface area contributed by atoms with Crippen molar-refractivity contribution in [2.45, 2.75) is 0 Å². The zero-order valence-corrected chi connectivity index (χ0v) is 5.77. The van der Waals surface area contributed by atoms with Crippen LogP contribution in [0.3, 0.4) is 0 Å². The van der Waals surface area contributed by atoms with E-state index in [2.05, 4.69) is 0 Å². The van der Waals surface area contributed by atoms with Crippen LogP contribution in [0.2, 0.25) is 0 Å². The Bertz CT molecular complexity index is 13.0. The second-order valence-electron chi connectivity index (χ2n) is 0. The van der Waals surface area contributed by atoms with Crippen molar-refractivity contribution in [1.82, 2.24) is 0 Å². The first-order valence-electron chi connectivity index (χ1n) is 0. The van der Waals surface area contributed by atoms with Gasteiger partial charge in [-0.05, 0) is 0 Å². The van der Waals surface area contributed by atoms with Crippen LogP contribution >= 0.6 is 0 Å². The van der Waals surface area contributed by atoms with Crippen molar-refractivity contribution in [2.24, 2.45) is 0 Å². The third-order valence-corrected chi connectivity index (χ3v) is 0. The van der Waals surface area contributed by atoms with E-state index >= 15 is 0 Å². The zero-order valence-electron chi connectivity index (χ0n) is 4.90. The van der Waals surface area contributed by atoms with Crippen LogP contribution in [-0.2, 0) is 0 Å². The smallest absolute Gasteiger partial charge is 1.00 e. The third kappa shape index (κ3) is 409. The minimum absolute atomic E-state index is 0. The van der Waals surface area contributed by atoms with Crippen molar-refractivity contribution >= 4 is 18.0 Å². The SMILES string of the molecule is F.F.F.F.F.F.[As].[H-].[Li+]. The first-order valence-corrected chi connectivity index (χ1v) is 0. The number of hydrogen-bond donors (Lipinski definition) is 0. The Balaban J connectivity index is 0. The minimum atomic E-state index is 0. The topological polar surface area (TPSA) is 0 Å². The molecular weight excluding hydrogens is 196 g/mol. The van der Waals surface area contributed by atoms with Gasteiger partial charge in [0.1, 0.15) is 0 Å². The summed E-state index contributed by atoms with van der Waals surface area (Å²) in [5.41, 5.74) is 0. The summed E-state index contributed by atoms with van der Waals surface area (Å²) in [7, 11) is 0. The molecule has 0 aliphatic heterocycles. The van der Waals surface area contributed by atoms with Crippen LogP contribution in [0, 0.1) is 0 Å². The molecule has 0 aliphatic carbocycles. The molecule has 0 heterocycles. The van der Waals surface area contributed by atoms with Gasteiger partial charge in [-0.15, -0.1) is 0 Å². The van der Waals surface area contributed by atoms with Crippen LogP contribution < -0.4 is 18.9 Å². The van der Waals surface area contributed by atoms with E-state index in [-0.39, 0.29) is 66.5 Å². The van der Waals surface area contributed by atoms with E-state index in [1.165, 1.54) is 0 Å². The Labute approximate surface area is 67.0 Å². The summed E-state index contributed by atoms with van der Waals surface area (Å²) in [6.45, 7) is 0. The van der Waals surface area contributed by atoms with Crippen molar-refractivity contribution in [3.8, 4) is 0 Å². The quantitative estimate of drug-likeness (QED) is 0.305. The molecular formula is H7AsF6Li. The van der Waals surface area contributed by atoms with E-state index in [9.17, 15) is 0 Å². The van der Waals surface area contributed by atoms with Gasteiger partial charge in [0.25, 0.3) is 0 Å². The predicted molar refractivity (Wildman–Crippen MR) is 21.9 cm³/mol. The number of halogens is 6. The Morgan fingerprint density at radius 2 is 0.500 bits per heavy atom. The van der Waals surface area contributed by atoms with E-state index in [4.69, 9.17) is 0 Å². The third-order valence-electron chi connectivity index (χ3n) is 0. The molecule has 8 heteroatoms. The fourth-order valence-corrected chi connectivity index (χ4v) is 0. The van der Waals surface area contributed by atoms with E-state index < -0.39 is 0 Å². The Kier molecular flexibility index (Phi) is 78200. The molecule has 0 fully saturated rings. The predicted octanol–water partition coefficient (Wildman–Crippen LogP) is -2.35. The van der Waals surface area contributed by atoms with Gasteiger partial charge in [0.2, 0.25) is 0 Å². The first kappa shape index (κ1) is 965. The van der Waals surface area contributed by atoms with Crippen molar-refractivity contribution in [3.05, 3.63) is 0 Å². The van der Waals surface area contributed by atoms with Crippen molar-refractivity contribution in [2.75, 3.05) is 0 Å². The second kappa shape index (κ2) is 648. The van der Waals surface area contributed by atoms with E-state index in [0.29, 0.717) is 0 Å². The van der Waals surface area contributed by atoms with Crippen LogP contribution in [0.4, 0.5) is 28.2 Å². The molecule has 3 radical (unpaired) electrons. The van der Waals surface area contributed by atoms with Gasteiger partial charge in [0.05, 0.1) is 0 Å². The summed E-state index contributed by atoms with van der Waals surface area (Å²) in [6, 6.07) is 0. The molecule has 0 amide bonds. The molecule has 0 N–H and O–H groups in total. The minimum Gasteiger partial charge on any atom is -1.00 e. The second-order valence-corrected chi connectivity index (χ2v) is 0. The molecule has 0 rings (SSSR count). The van der Waals surface area contributed by atoms with Crippen LogP contribution in [0.15, 0.2) is 0 Å². The van der Waals surface area contributed by atoms with E-state index in [0.717, 1.165) is 0 Å². The van der Waals surface area contributed by atoms with Gasteiger partial charge in [0.15, 0.2) is 0 Å². The van der Waals surface area contributed by atoms with Crippen molar-refractivity contribution < 1.29 is 48.5 Å². The summed E-state index contributed by atoms with van der Waals surface area (Å²) in [5.74, 6) is 0. The molecule has 0 unspecified atom stereocenters. The maximum Gasteiger partial charge on any atom is 1.00 e. The molecule has 0 spiro atoms. The van der Waals surface area contributed by atoms with Gasteiger partial charge in [-0.25, -0.2) is 0 Å². The molecule has 0 saturated carbocycles. The number of rotatable bonds is 0. The van der Waals surface area contributed by atoms with E-state index in [1.54, 1.807) is 0 Å². The van der Waals surface area contributed by atoms with Crippen LogP contribution in [0.1, 0.15) is 1.43 Å². The molecule has 0 aliphatic rings. The molecule has 0 saturated heterocycles. The summed E-state index contributed by atoms with van der Waals surface area (Å²) < 4.78 is 0. The summed E-state index contributed by atoms with van der Waals surface area (Å²) in [4.78, 5) is 0. The fourth-order valence-electron chi connectivity index (χ4n) is 0. The van der Waals surface area contributed by atoms with Crippen LogP contribution in [0.25, 0.3) is 0 Å². The molecule has 0 bridgehead atoms. The van der Waals surface area contributed by atoms with Gasteiger partial charge in [-0.2, -0.15) is 0 Å². The van der Waals surface area contributed by atoms with Crippen LogP contribution in [-0.4, -0.2) is 18.0 Å². The molecule has 55 valence electrons. The average molecular weight is 203 g/mol. The molecule has 0 aromatic rings. The molecule has 0 aromatic heterocycles. The molecule has 0 aromatic carbocycles. The Morgan fingerprint density at radius 1 is 0.500 bits per heavy atom. The van der Waals surface area contributed by atoms with Gasteiger partial charge in [0, 0.05) is 18.0 Å². The summed E-state index contributed by atoms with van der Waals surface area (Å²) >= 11 is 0. The monoisotopic (exact) mass is 203 g/mol. The maximum absolute atomic E-state index is 0. The van der Waals surface area contributed by atoms with Crippen LogP contribution in [0.5, 0.6) is 0 Å². The first-order chi connectivity index (χ1) is 0. The Hall–Kier alpha value is 0.736. The normalized spacial score (nSPS) is 0. The zero-order chi connectivity index (χ0) is 0. The fraction of sp³-hybridized carbons (Fsp3) is 0.